The van der Waals surface area contributed by atoms with Gasteiger partial charge in [0.2, 0.25) is 0 Å². The summed E-state index contributed by atoms with van der Waals surface area (Å²) in [6.45, 7) is 0. The van der Waals surface area contributed by atoms with Crippen molar-refractivity contribution in [2.75, 3.05) is 9.80 Å². The van der Waals surface area contributed by atoms with Crippen LogP contribution in [0.1, 0.15) is 0 Å². The predicted molar refractivity (Wildman–Crippen MR) is 266 cm³/mol. The lowest BCUT2D eigenvalue weighted by Gasteiger charge is -2.26. The summed E-state index contributed by atoms with van der Waals surface area (Å²) in [5, 5.41) is 9.20. The highest BCUT2D eigenvalue weighted by Gasteiger charge is 2.21. The first-order chi connectivity index (χ1) is 31.2. The monoisotopic (exact) mass is 804 g/mol. The summed E-state index contributed by atoms with van der Waals surface area (Å²) in [7, 11) is 0. The topological polar surface area (TPSA) is 19.6 Å². The molecule has 0 atom stereocenters. The average Bonchev–Trinajstić information content (AvgIpc) is 3.75. The number of para-hydroxylation sites is 1. The van der Waals surface area contributed by atoms with Gasteiger partial charge in [0.1, 0.15) is 11.2 Å². The Morgan fingerprint density at radius 2 is 0.746 bits per heavy atom. The van der Waals surface area contributed by atoms with Crippen LogP contribution in [0, 0.1) is 0 Å². The zero-order chi connectivity index (χ0) is 41.7. The van der Waals surface area contributed by atoms with Crippen LogP contribution < -0.4 is 9.80 Å². The Morgan fingerprint density at radius 3 is 1.40 bits per heavy atom. The molecule has 0 fully saturated rings. The van der Waals surface area contributed by atoms with Gasteiger partial charge in [0, 0.05) is 56.0 Å². The number of nitrogens with zero attached hydrogens (tertiary/aromatic N) is 2. The van der Waals surface area contributed by atoms with E-state index in [0.29, 0.717) is 0 Å². The molecule has 63 heavy (non-hydrogen) atoms. The van der Waals surface area contributed by atoms with Gasteiger partial charge in [-0.3, -0.25) is 0 Å². The second-order valence-corrected chi connectivity index (χ2v) is 16.1. The van der Waals surface area contributed by atoms with E-state index in [2.05, 4.69) is 252 Å². The van der Waals surface area contributed by atoms with Gasteiger partial charge in [0.05, 0.1) is 5.69 Å². The molecule has 0 aliphatic rings. The van der Waals surface area contributed by atoms with Crippen molar-refractivity contribution in [1.82, 2.24) is 0 Å². The fourth-order valence-corrected chi connectivity index (χ4v) is 9.43. The zero-order valence-corrected chi connectivity index (χ0v) is 34.4. The molecule has 0 bridgehead atoms. The van der Waals surface area contributed by atoms with Gasteiger partial charge in [0.15, 0.2) is 0 Å². The van der Waals surface area contributed by atoms with Gasteiger partial charge in [-0.15, -0.1) is 0 Å². The van der Waals surface area contributed by atoms with Crippen LogP contribution in [0.4, 0.5) is 34.1 Å². The van der Waals surface area contributed by atoms with Gasteiger partial charge in [-0.1, -0.05) is 164 Å². The Balaban J connectivity index is 1.03. The van der Waals surface area contributed by atoms with Crippen LogP contribution in [0.3, 0.4) is 0 Å². The van der Waals surface area contributed by atoms with Crippen LogP contribution in [0.2, 0.25) is 0 Å². The molecule has 0 amide bonds. The van der Waals surface area contributed by atoms with Crippen molar-refractivity contribution >= 4 is 88.4 Å². The summed E-state index contributed by atoms with van der Waals surface area (Å²) in [6.07, 6.45) is 0. The largest absolute Gasteiger partial charge is 0.455 e. The minimum absolute atomic E-state index is 0.851. The Bertz CT molecular complexity index is 3510. The van der Waals surface area contributed by atoms with E-state index in [0.717, 1.165) is 66.8 Å². The number of fused-ring (bicyclic) bond motifs is 9. The highest BCUT2D eigenvalue weighted by Crippen LogP contribution is 2.46. The van der Waals surface area contributed by atoms with Gasteiger partial charge in [-0.25, -0.2) is 0 Å². The van der Waals surface area contributed by atoms with Crippen molar-refractivity contribution in [3.05, 3.63) is 243 Å². The maximum atomic E-state index is 7.06. The summed E-state index contributed by atoms with van der Waals surface area (Å²) in [6, 6.07) is 86.9. The molecular weight excluding hydrogens is 765 g/mol. The van der Waals surface area contributed by atoms with Crippen molar-refractivity contribution in [2.24, 2.45) is 0 Å². The predicted octanol–water partition coefficient (Wildman–Crippen LogP) is 17.3. The molecule has 1 aromatic heterocycles. The maximum absolute atomic E-state index is 7.06. The Morgan fingerprint density at radius 1 is 0.270 bits per heavy atom. The lowest BCUT2D eigenvalue weighted by Crippen LogP contribution is -2.10. The van der Waals surface area contributed by atoms with Crippen LogP contribution in [-0.2, 0) is 0 Å². The number of furan rings is 1. The number of hydrogen-bond donors (Lipinski definition) is 0. The van der Waals surface area contributed by atoms with Crippen molar-refractivity contribution < 1.29 is 4.42 Å². The molecule has 0 saturated heterocycles. The molecule has 0 radical (unpaired) electrons. The molecule has 11 aromatic carbocycles. The minimum Gasteiger partial charge on any atom is -0.455 e. The SMILES string of the molecule is c1ccc(-c2ccc(N(c3ccc(-c4ccccc4)cc3)c3ccc4c(c3)c3ccccc3c3c5ccc(N(c6ccccc6)c6cccc7ccccc67)cc5oc43)cc2)cc1. The second kappa shape index (κ2) is 15.3. The summed E-state index contributed by atoms with van der Waals surface area (Å²) < 4.78 is 7.06. The van der Waals surface area contributed by atoms with Crippen LogP contribution in [-0.4, -0.2) is 0 Å². The highest BCUT2D eigenvalue weighted by atomic mass is 16.3. The Hall–Kier alpha value is -8.40. The maximum Gasteiger partial charge on any atom is 0.143 e. The van der Waals surface area contributed by atoms with E-state index in [1.165, 1.54) is 43.8 Å². The first-order valence-corrected chi connectivity index (χ1v) is 21.5. The fourth-order valence-electron chi connectivity index (χ4n) is 9.43. The zero-order valence-electron chi connectivity index (χ0n) is 34.4. The molecule has 296 valence electrons. The van der Waals surface area contributed by atoms with Crippen molar-refractivity contribution in [3.63, 3.8) is 0 Å². The Labute approximate surface area is 365 Å². The standard InChI is InChI=1S/C60H40N2O/c1-4-15-41(16-5-1)43-27-31-47(32-28-43)61(48-33-29-44(30-34-48)42-17-6-2-7-18-42)49-35-37-54-56(39-49)52-24-12-13-25-53(52)59-55-38-36-50(40-58(55)63-60(54)59)62(46-21-8-3-9-22-46)57-26-14-20-45-19-10-11-23-51(45)57/h1-40H. The van der Waals surface area contributed by atoms with Crippen molar-refractivity contribution in [1.29, 1.82) is 0 Å². The number of anilines is 6. The van der Waals surface area contributed by atoms with E-state index in [4.69, 9.17) is 4.42 Å². The van der Waals surface area contributed by atoms with E-state index in [1.807, 2.05) is 0 Å². The van der Waals surface area contributed by atoms with Gasteiger partial charge in [-0.05, 0) is 117 Å². The van der Waals surface area contributed by atoms with E-state index >= 15 is 0 Å². The normalized spacial score (nSPS) is 11.5. The third-order valence-corrected chi connectivity index (χ3v) is 12.4. The fraction of sp³-hybridized carbons (Fsp3) is 0. The van der Waals surface area contributed by atoms with E-state index in [-0.39, 0.29) is 0 Å². The molecule has 0 spiro atoms. The van der Waals surface area contributed by atoms with E-state index in [1.54, 1.807) is 0 Å². The highest BCUT2D eigenvalue weighted by molar-refractivity contribution is 6.30. The summed E-state index contributed by atoms with van der Waals surface area (Å²) in [4.78, 5) is 4.70. The van der Waals surface area contributed by atoms with Crippen LogP contribution in [0.15, 0.2) is 247 Å². The summed E-state index contributed by atoms with van der Waals surface area (Å²) in [5.41, 5.74) is 13.0. The number of benzene rings is 11. The molecule has 0 aliphatic heterocycles. The number of rotatable bonds is 8. The molecule has 1 heterocycles. The lowest BCUT2D eigenvalue weighted by molar-refractivity contribution is 0.673. The Kier molecular flexibility index (Phi) is 8.83. The van der Waals surface area contributed by atoms with Gasteiger partial charge in [0.25, 0.3) is 0 Å². The summed E-state index contributed by atoms with van der Waals surface area (Å²) in [5.74, 6) is 0. The summed E-state index contributed by atoms with van der Waals surface area (Å²) >= 11 is 0. The molecular formula is C60H40N2O. The molecule has 0 unspecified atom stereocenters. The minimum atomic E-state index is 0.851. The molecule has 12 aromatic rings. The molecule has 0 saturated carbocycles. The molecule has 12 rings (SSSR count). The first kappa shape index (κ1) is 36.5. The number of hydrogen-bond acceptors (Lipinski definition) is 3. The quantitative estimate of drug-likeness (QED) is 0.143. The van der Waals surface area contributed by atoms with Crippen LogP contribution >= 0.6 is 0 Å². The van der Waals surface area contributed by atoms with Crippen molar-refractivity contribution in [3.8, 4) is 22.3 Å². The third-order valence-electron chi connectivity index (χ3n) is 12.4. The van der Waals surface area contributed by atoms with Crippen molar-refractivity contribution in [2.45, 2.75) is 0 Å². The smallest absolute Gasteiger partial charge is 0.143 e. The lowest BCUT2D eigenvalue weighted by atomic mass is 9.96. The van der Waals surface area contributed by atoms with E-state index < -0.39 is 0 Å². The second-order valence-electron chi connectivity index (χ2n) is 16.1. The average molecular weight is 805 g/mol. The molecule has 3 nitrogen and oxygen atoms in total. The first-order valence-electron chi connectivity index (χ1n) is 21.5. The van der Waals surface area contributed by atoms with Crippen LogP contribution in [0.5, 0.6) is 0 Å². The molecule has 3 heteroatoms. The van der Waals surface area contributed by atoms with Gasteiger partial charge in [-0.2, -0.15) is 0 Å². The van der Waals surface area contributed by atoms with Gasteiger partial charge >= 0.3 is 0 Å². The van der Waals surface area contributed by atoms with Crippen LogP contribution in [0.25, 0.3) is 76.5 Å². The molecule has 0 aliphatic carbocycles. The molecule has 0 N–H and O–H groups in total. The van der Waals surface area contributed by atoms with Gasteiger partial charge < -0.3 is 14.2 Å². The third kappa shape index (κ3) is 6.38. The van der Waals surface area contributed by atoms with E-state index in [9.17, 15) is 0 Å².